The Labute approximate surface area is 154 Å². The molecule has 0 fully saturated rings. The molecule has 0 spiro atoms. The van der Waals surface area contributed by atoms with E-state index < -0.39 is 0 Å². The lowest BCUT2D eigenvalue weighted by atomic mass is 9.89. The molecule has 3 rings (SSSR count). The van der Waals surface area contributed by atoms with Gasteiger partial charge in [-0.25, -0.2) is 4.98 Å². The van der Waals surface area contributed by atoms with Crippen molar-refractivity contribution in [3.05, 3.63) is 20.8 Å². The molecule has 0 aromatic carbocycles. The first kappa shape index (κ1) is 18.4. The first-order valence-electron chi connectivity index (χ1n) is 8.51. The third-order valence-electron chi connectivity index (χ3n) is 4.33. The molecule has 2 heterocycles. The molecule has 2 aromatic rings. The van der Waals surface area contributed by atoms with Gasteiger partial charge in [0, 0.05) is 25.1 Å². The quantitative estimate of drug-likeness (QED) is 0.437. The number of aromatic nitrogens is 2. The average molecular weight is 382 g/mol. The SMILES string of the molecule is COCCCNC(=O)CSc1nc2sc3c(c2c(=O)[nH]1)CC[C@@H](C)C3. The van der Waals surface area contributed by atoms with Gasteiger partial charge in [0.1, 0.15) is 4.83 Å². The number of carbonyl (C=O) groups excluding carboxylic acids is 1. The number of H-pyrrole nitrogens is 1. The predicted molar refractivity (Wildman–Crippen MR) is 102 cm³/mol. The number of aromatic amines is 1. The normalized spacial score (nSPS) is 16.8. The van der Waals surface area contributed by atoms with Crippen molar-refractivity contribution >= 4 is 39.2 Å². The zero-order chi connectivity index (χ0) is 17.8. The smallest absolute Gasteiger partial charge is 0.260 e. The van der Waals surface area contributed by atoms with E-state index in [1.807, 2.05) is 0 Å². The summed E-state index contributed by atoms with van der Waals surface area (Å²) in [6.45, 7) is 3.46. The van der Waals surface area contributed by atoms with E-state index >= 15 is 0 Å². The molecule has 1 aliphatic rings. The van der Waals surface area contributed by atoms with Gasteiger partial charge in [-0.15, -0.1) is 11.3 Å². The molecule has 6 nitrogen and oxygen atoms in total. The van der Waals surface area contributed by atoms with Crippen LogP contribution in [0.25, 0.3) is 10.2 Å². The van der Waals surface area contributed by atoms with Crippen LogP contribution in [0, 0.1) is 5.92 Å². The van der Waals surface area contributed by atoms with E-state index in [-0.39, 0.29) is 17.2 Å². The van der Waals surface area contributed by atoms with Gasteiger partial charge in [0.05, 0.1) is 11.1 Å². The van der Waals surface area contributed by atoms with E-state index in [2.05, 4.69) is 22.2 Å². The van der Waals surface area contributed by atoms with Gasteiger partial charge in [-0.2, -0.15) is 0 Å². The number of thioether (sulfide) groups is 1. The van der Waals surface area contributed by atoms with Crippen LogP contribution >= 0.6 is 23.1 Å². The second kappa shape index (κ2) is 8.33. The first-order valence-corrected chi connectivity index (χ1v) is 10.3. The van der Waals surface area contributed by atoms with Crippen LogP contribution in [-0.4, -0.2) is 41.9 Å². The number of fused-ring (bicyclic) bond motifs is 3. The number of rotatable bonds is 7. The van der Waals surface area contributed by atoms with Crippen molar-refractivity contribution in [2.24, 2.45) is 5.92 Å². The zero-order valence-corrected chi connectivity index (χ0v) is 16.1. The van der Waals surface area contributed by atoms with Gasteiger partial charge in [0.15, 0.2) is 5.16 Å². The summed E-state index contributed by atoms with van der Waals surface area (Å²) in [4.78, 5) is 33.8. The minimum atomic E-state index is -0.0833. The lowest BCUT2D eigenvalue weighted by molar-refractivity contribution is -0.118. The van der Waals surface area contributed by atoms with Crippen molar-refractivity contribution in [3.8, 4) is 0 Å². The number of hydrogen-bond donors (Lipinski definition) is 2. The van der Waals surface area contributed by atoms with Crippen LogP contribution in [0.2, 0.25) is 0 Å². The Bertz CT molecular complexity index is 815. The topological polar surface area (TPSA) is 84.1 Å². The second-order valence-corrected chi connectivity index (χ2v) is 8.44. The number of carbonyl (C=O) groups is 1. The molecular weight excluding hydrogens is 358 g/mol. The molecule has 0 bridgehead atoms. The van der Waals surface area contributed by atoms with Gasteiger partial charge in [-0.3, -0.25) is 9.59 Å². The molecule has 2 aromatic heterocycles. The number of thiophene rings is 1. The molecule has 0 saturated carbocycles. The van der Waals surface area contributed by atoms with E-state index in [9.17, 15) is 9.59 Å². The van der Waals surface area contributed by atoms with Crippen LogP contribution < -0.4 is 10.9 Å². The van der Waals surface area contributed by atoms with E-state index in [1.54, 1.807) is 18.4 Å². The number of hydrogen-bond acceptors (Lipinski definition) is 6. The van der Waals surface area contributed by atoms with E-state index in [0.717, 1.165) is 35.9 Å². The van der Waals surface area contributed by atoms with Crippen LogP contribution in [0.4, 0.5) is 0 Å². The molecule has 0 saturated heterocycles. The third kappa shape index (κ3) is 4.43. The Morgan fingerprint density at radius 3 is 3.16 bits per heavy atom. The summed E-state index contributed by atoms with van der Waals surface area (Å²) in [5, 5.41) is 4.09. The fraction of sp³-hybridized carbons (Fsp3) is 0.588. The minimum Gasteiger partial charge on any atom is -0.385 e. The molecule has 25 heavy (non-hydrogen) atoms. The van der Waals surface area contributed by atoms with Crippen molar-refractivity contribution in [1.29, 1.82) is 0 Å². The standard InChI is InChI=1S/C17H23N3O3S2/c1-10-4-5-11-12(8-10)25-16-14(11)15(22)19-17(20-16)24-9-13(21)18-6-3-7-23-2/h10H,3-9H2,1-2H3,(H,18,21)(H,19,20,22)/t10-/m1/s1. The maximum atomic E-state index is 12.5. The largest absolute Gasteiger partial charge is 0.385 e. The predicted octanol–water partition coefficient (Wildman–Crippen LogP) is 2.35. The van der Waals surface area contributed by atoms with Crippen LogP contribution in [0.15, 0.2) is 9.95 Å². The van der Waals surface area contributed by atoms with E-state index in [0.29, 0.717) is 24.2 Å². The Morgan fingerprint density at radius 1 is 1.52 bits per heavy atom. The number of ether oxygens (including phenoxy) is 1. The number of amides is 1. The van der Waals surface area contributed by atoms with Crippen molar-refractivity contribution in [3.63, 3.8) is 0 Å². The summed E-state index contributed by atoms with van der Waals surface area (Å²) < 4.78 is 4.94. The van der Waals surface area contributed by atoms with Crippen molar-refractivity contribution in [2.45, 2.75) is 37.8 Å². The van der Waals surface area contributed by atoms with Gasteiger partial charge in [-0.05, 0) is 37.2 Å². The number of aryl methyl sites for hydroxylation is 1. The van der Waals surface area contributed by atoms with Crippen LogP contribution in [0.5, 0.6) is 0 Å². The highest BCUT2D eigenvalue weighted by Crippen LogP contribution is 2.36. The maximum Gasteiger partial charge on any atom is 0.260 e. The minimum absolute atomic E-state index is 0.0665. The summed E-state index contributed by atoms with van der Waals surface area (Å²) in [5.74, 6) is 0.835. The van der Waals surface area contributed by atoms with Gasteiger partial charge < -0.3 is 15.0 Å². The fourth-order valence-corrected chi connectivity index (χ4v) is 5.16. The summed E-state index contributed by atoms with van der Waals surface area (Å²) >= 11 is 2.89. The van der Waals surface area contributed by atoms with Gasteiger partial charge in [-0.1, -0.05) is 18.7 Å². The zero-order valence-electron chi connectivity index (χ0n) is 14.5. The molecule has 1 aliphatic carbocycles. The Kier molecular flexibility index (Phi) is 6.14. The Balaban J connectivity index is 1.67. The lowest BCUT2D eigenvalue weighted by Crippen LogP contribution is -2.27. The van der Waals surface area contributed by atoms with Gasteiger partial charge >= 0.3 is 0 Å². The molecule has 1 amide bonds. The summed E-state index contributed by atoms with van der Waals surface area (Å²) in [6, 6.07) is 0. The number of nitrogens with one attached hydrogen (secondary N) is 2. The van der Waals surface area contributed by atoms with E-state index in [4.69, 9.17) is 4.74 Å². The van der Waals surface area contributed by atoms with Crippen molar-refractivity contribution < 1.29 is 9.53 Å². The van der Waals surface area contributed by atoms with E-state index in [1.165, 1.54) is 22.2 Å². The fourth-order valence-electron chi connectivity index (χ4n) is 3.03. The monoisotopic (exact) mass is 381 g/mol. The molecule has 0 unspecified atom stereocenters. The molecule has 2 N–H and O–H groups in total. The molecule has 0 radical (unpaired) electrons. The molecule has 0 aliphatic heterocycles. The summed E-state index contributed by atoms with van der Waals surface area (Å²) in [6.07, 6.45) is 3.89. The first-order chi connectivity index (χ1) is 12.1. The number of nitrogens with zero attached hydrogens (tertiary/aromatic N) is 1. The average Bonchev–Trinajstić information content (AvgIpc) is 2.94. The lowest BCUT2D eigenvalue weighted by Gasteiger charge is -2.17. The summed E-state index contributed by atoms with van der Waals surface area (Å²) in [7, 11) is 1.64. The van der Waals surface area contributed by atoms with Crippen LogP contribution in [0.1, 0.15) is 30.2 Å². The molecule has 136 valence electrons. The van der Waals surface area contributed by atoms with Gasteiger partial charge in [0.25, 0.3) is 5.56 Å². The maximum absolute atomic E-state index is 12.5. The van der Waals surface area contributed by atoms with Crippen LogP contribution in [0.3, 0.4) is 0 Å². The third-order valence-corrected chi connectivity index (χ3v) is 6.35. The Morgan fingerprint density at radius 2 is 2.36 bits per heavy atom. The highest BCUT2D eigenvalue weighted by molar-refractivity contribution is 7.99. The van der Waals surface area contributed by atoms with Crippen molar-refractivity contribution in [2.75, 3.05) is 26.0 Å². The Hall–Kier alpha value is -1.38. The highest BCUT2D eigenvalue weighted by atomic mass is 32.2. The second-order valence-electron chi connectivity index (χ2n) is 6.39. The highest BCUT2D eigenvalue weighted by Gasteiger charge is 2.23. The van der Waals surface area contributed by atoms with Gasteiger partial charge in [0.2, 0.25) is 5.91 Å². The molecule has 1 atom stereocenters. The molecular formula is C17H23N3O3S2. The number of methoxy groups -OCH3 is 1. The van der Waals surface area contributed by atoms with Crippen LogP contribution in [-0.2, 0) is 22.4 Å². The van der Waals surface area contributed by atoms with Crippen molar-refractivity contribution in [1.82, 2.24) is 15.3 Å². The molecule has 8 heteroatoms. The summed E-state index contributed by atoms with van der Waals surface area (Å²) in [5.41, 5.74) is 1.10.